The van der Waals surface area contributed by atoms with Crippen LogP contribution in [0.4, 0.5) is 10.1 Å². The van der Waals surface area contributed by atoms with E-state index in [1.165, 1.54) is 6.07 Å². The number of fused-ring (bicyclic) bond motifs is 1. The van der Waals surface area contributed by atoms with E-state index in [9.17, 15) is 14.3 Å². The van der Waals surface area contributed by atoms with Crippen molar-refractivity contribution in [3.63, 3.8) is 0 Å². The van der Waals surface area contributed by atoms with Crippen molar-refractivity contribution in [1.29, 1.82) is 0 Å². The topological polar surface area (TPSA) is 65.0 Å². The molecule has 0 spiro atoms. The minimum Gasteiger partial charge on any atom is -0.490 e. The van der Waals surface area contributed by atoms with Crippen LogP contribution in [0.5, 0.6) is 5.75 Å². The highest BCUT2D eigenvalue weighted by Gasteiger charge is 2.33. The SMILES string of the molecule is O=C(N[C@H](CN1CCCC1)[C@H](O)c1ccc(OC2CC2)cc1)C1CCN(c2ccc3cc(F)ccc3c2)C1. The summed E-state index contributed by atoms with van der Waals surface area (Å²) in [5.74, 6) is 0.429. The number of aliphatic hydroxyl groups is 1. The van der Waals surface area contributed by atoms with E-state index in [-0.39, 0.29) is 23.7 Å². The van der Waals surface area contributed by atoms with Gasteiger partial charge in [-0.1, -0.05) is 24.3 Å². The van der Waals surface area contributed by atoms with Crippen LogP contribution in [0.3, 0.4) is 0 Å². The minimum atomic E-state index is -0.798. The van der Waals surface area contributed by atoms with Gasteiger partial charge in [0.1, 0.15) is 17.7 Å². The average molecular weight is 518 g/mol. The van der Waals surface area contributed by atoms with Gasteiger partial charge in [0.2, 0.25) is 5.91 Å². The highest BCUT2D eigenvalue weighted by molar-refractivity contribution is 5.86. The van der Waals surface area contributed by atoms with Gasteiger partial charge in [-0.25, -0.2) is 4.39 Å². The Bertz CT molecular complexity index is 1270. The molecule has 1 unspecified atom stereocenters. The van der Waals surface area contributed by atoms with Crippen LogP contribution in [0, 0.1) is 11.7 Å². The molecule has 1 saturated carbocycles. The molecule has 3 fully saturated rings. The Morgan fingerprint density at radius 3 is 2.47 bits per heavy atom. The Hall–Kier alpha value is -3.16. The fraction of sp³-hybridized carbons (Fsp3) is 0.452. The van der Waals surface area contributed by atoms with Gasteiger partial charge in [0.25, 0.3) is 0 Å². The highest BCUT2D eigenvalue weighted by atomic mass is 19.1. The van der Waals surface area contributed by atoms with Gasteiger partial charge in [-0.3, -0.25) is 4.79 Å². The third-order valence-electron chi connectivity index (χ3n) is 8.12. The van der Waals surface area contributed by atoms with E-state index >= 15 is 0 Å². The molecule has 200 valence electrons. The first kappa shape index (κ1) is 25.1. The van der Waals surface area contributed by atoms with Crippen LogP contribution in [0.25, 0.3) is 10.8 Å². The molecule has 7 heteroatoms. The molecule has 3 aliphatic rings. The number of hydrogen-bond donors (Lipinski definition) is 2. The lowest BCUT2D eigenvalue weighted by molar-refractivity contribution is -0.126. The number of ether oxygens (including phenoxy) is 1. The number of benzene rings is 3. The Kier molecular flexibility index (Phi) is 7.22. The number of aliphatic hydroxyl groups excluding tert-OH is 1. The van der Waals surface area contributed by atoms with E-state index in [0.717, 1.165) is 79.5 Å². The first-order valence-electron chi connectivity index (χ1n) is 13.9. The third kappa shape index (κ3) is 5.79. The molecule has 0 bridgehead atoms. The summed E-state index contributed by atoms with van der Waals surface area (Å²) >= 11 is 0. The standard InChI is InChI=1S/C31H36FN3O3/c32-25-7-3-23-18-26(8-4-22(23)17-25)35-16-13-24(19-35)31(37)33-29(20-34-14-1-2-15-34)30(36)21-5-9-27(10-6-21)38-28-11-12-28/h3-10,17-18,24,28-30,36H,1-2,11-16,19-20H2,(H,33,37)/t24?,29-,30-/m1/s1. The number of likely N-dealkylation sites (tertiary alicyclic amines) is 1. The van der Waals surface area contributed by atoms with Gasteiger partial charge in [0.05, 0.1) is 18.1 Å². The van der Waals surface area contributed by atoms with Crippen molar-refractivity contribution in [2.75, 3.05) is 37.6 Å². The maximum absolute atomic E-state index is 13.6. The molecule has 38 heavy (non-hydrogen) atoms. The Balaban J connectivity index is 1.12. The summed E-state index contributed by atoms with van der Waals surface area (Å²) in [7, 11) is 0. The van der Waals surface area contributed by atoms with Crippen LogP contribution < -0.4 is 15.0 Å². The number of hydrogen-bond acceptors (Lipinski definition) is 5. The number of nitrogens with one attached hydrogen (secondary N) is 1. The van der Waals surface area contributed by atoms with Gasteiger partial charge in [0, 0.05) is 25.3 Å². The first-order valence-corrected chi connectivity index (χ1v) is 13.9. The summed E-state index contributed by atoms with van der Waals surface area (Å²) in [6.45, 7) is 4.03. The average Bonchev–Trinajstić information content (AvgIpc) is 3.37. The van der Waals surface area contributed by atoms with Gasteiger partial charge in [0.15, 0.2) is 0 Å². The van der Waals surface area contributed by atoms with Crippen LogP contribution in [0.2, 0.25) is 0 Å². The Labute approximate surface area is 223 Å². The van der Waals surface area contributed by atoms with E-state index in [1.807, 2.05) is 36.4 Å². The van der Waals surface area contributed by atoms with Crippen molar-refractivity contribution in [2.24, 2.45) is 5.92 Å². The lowest BCUT2D eigenvalue weighted by atomic mass is 10.00. The second-order valence-corrected chi connectivity index (χ2v) is 11.1. The van der Waals surface area contributed by atoms with Gasteiger partial charge in [-0.2, -0.15) is 0 Å². The number of nitrogens with zero attached hydrogens (tertiary/aromatic N) is 2. The van der Waals surface area contributed by atoms with E-state index < -0.39 is 6.10 Å². The zero-order valence-corrected chi connectivity index (χ0v) is 21.7. The smallest absolute Gasteiger partial charge is 0.225 e. The van der Waals surface area contributed by atoms with Gasteiger partial charge in [-0.05, 0) is 97.9 Å². The number of carbonyl (C=O) groups excluding carboxylic acids is 1. The van der Waals surface area contributed by atoms with Crippen molar-refractivity contribution in [3.05, 3.63) is 72.0 Å². The van der Waals surface area contributed by atoms with Gasteiger partial charge >= 0.3 is 0 Å². The predicted molar refractivity (Wildman–Crippen MR) is 147 cm³/mol. The molecule has 2 saturated heterocycles. The molecule has 3 atom stereocenters. The number of halogens is 1. The summed E-state index contributed by atoms with van der Waals surface area (Å²) in [6.07, 6.45) is 4.80. The fourth-order valence-corrected chi connectivity index (χ4v) is 5.73. The predicted octanol–water partition coefficient (Wildman–Crippen LogP) is 4.66. The Morgan fingerprint density at radius 2 is 1.71 bits per heavy atom. The van der Waals surface area contributed by atoms with Crippen LogP contribution in [0.15, 0.2) is 60.7 Å². The molecular formula is C31H36FN3O3. The normalized spacial score (nSPS) is 21.5. The maximum Gasteiger partial charge on any atom is 0.225 e. The second-order valence-electron chi connectivity index (χ2n) is 11.1. The molecule has 6 nitrogen and oxygen atoms in total. The van der Waals surface area contributed by atoms with Gasteiger partial charge in [-0.15, -0.1) is 0 Å². The van der Waals surface area contributed by atoms with E-state index in [2.05, 4.69) is 21.2 Å². The van der Waals surface area contributed by atoms with Gasteiger partial charge < -0.3 is 25.0 Å². The van der Waals surface area contributed by atoms with Crippen LogP contribution >= 0.6 is 0 Å². The molecule has 2 aliphatic heterocycles. The molecule has 3 aromatic rings. The molecule has 6 rings (SSSR count). The summed E-state index contributed by atoms with van der Waals surface area (Å²) in [5, 5.41) is 16.4. The Morgan fingerprint density at radius 1 is 0.974 bits per heavy atom. The highest BCUT2D eigenvalue weighted by Crippen LogP contribution is 2.30. The molecule has 1 aliphatic carbocycles. The second kappa shape index (κ2) is 10.9. The first-order chi connectivity index (χ1) is 18.5. The molecular weight excluding hydrogens is 481 g/mol. The number of amides is 1. The lowest BCUT2D eigenvalue weighted by Gasteiger charge is -2.30. The molecule has 2 N–H and O–H groups in total. The molecule has 0 radical (unpaired) electrons. The van der Waals surface area contributed by atoms with E-state index in [1.54, 1.807) is 12.1 Å². The number of anilines is 1. The minimum absolute atomic E-state index is 0.00714. The molecule has 2 heterocycles. The van der Waals surface area contributed by atoms with E-state index in [4.69, 9.17) is 4.74 Å². The largest absolute Gasteiger partial charge is 0.490 e. The summed E-state index contributed by atoms with van der Waals surface area (Å²) in [5.41, 5.74) is 1.83. The van der Waals surface area contributed by atoms with Crippen molar-refractivity contribution in [3.8, 4) is 5.75 Å². The van der Waals surface area contributed by atoms with Crippen LogP contribution in [-0.2, 0) is 4.79 Å². The number of rotatable bonds is 9. The summed E-state index contributed by atoms with van der Waals surface area (Å²) in [4.78, 5) is 18.0. The van der Waals surface area contributed by atoms with Crippen LogP contribution in [0.1, 0.15) is 43.8 Å². The van der Waals surface area contributed by atoms with Crippen molar-refractivity contribution in [2.45, 2.75) is 50.4 Å². The third-order valence-corrected chi connectivity index (χ3v) is 8.12. The maximum atomic E-state index is 13.6. The van der Waals surface area contributed by atoms with Crippen LogP contribution in [-0.4, -0.2) is 60.8 Å². The molecule has 1 amide bonds. The monoisotopic (exact) mass is 517 g/mol. The van der Waals surface area contributed by atoms with Crippen molar-refractivity contribution >= 4 is 22.4 Å². The zero-order valence-electron chi connectivity index (χ0n) is 21.7. The lowest BCUT2D eigenvalue weighted by Crippen LogP contribution is -2.48. The zero-order chi connectivity index (χ0) is 26.1. The summed E-state index contributed by atoms with van der Waals surface area (Å²) < 4.78 is 19.4. The molecule has 3 aromatic carbocycles. The van der Waals surface area contributed by atoms with Crippen molar-refractivity contribution in [1.82, 2.24) is 10.2 Å². The molecule has 0 aromatic heterocycles. The fourth-order valence-electron chi connectivity index (χ4n) is 5.73. The van der Waals surface area contributed by atoms with E-state index in [0.29, 0.717) is 19.2 Å². The summed E-state index contributed by atoms with van der Waals surface area (Å²) in [6, 6.07) is 18.1. The quantitative estimate of drug-likeness (QED) is 0.432. The van der Waals surface area contributed by atoms with Crippen molar-refractivity contribution < 1.29 is 19.0 Å². The number of carbonyl (C=O) groups is 1.